The predicted molar refractivity (Wildman–Crippen MR) is 76.4 cm³/mol. The Bertz CT molecular complexity index is 498. The number of thiophene rings is 1. The Kier molecular flexibility index (Phi) is 2.96. The molecule has 1 fully saturated rings. The summed E-state index contributed by atoms with van der Waals surface area (Å²) in [4.78, 5) is 7.27. The Morgan fingerprint density at radius 1 is 1.41 bits per heavy atom. The molecule has 1 aromatic heterocycles. The molecule has 0 amide bonds. The average Bonchev–Trinajstić information content (AvgIpc) is 3.05. The molecule has 3 nitrogen and oxygen atoms in total. The fraction of sp³-hybridized carbons (Fsp3) is 0.500. The van der Waals surface area contributed by atoms with Crippen LogP contribution >= 0.6 is 23.1 Å². The third kappa shape index (κ3) is 2.55. The van der Waals surface area contributed by atoms with Crippen molar-refractivity contribution in [3.63, 3.8) is 0 Å². The molecular weight excluding hydrogens is 250 g/mol. The monoisotopic (exact) mass is 265 g/mol. The van der Waals surface area contributed by atoms with E-state index in [4.69, 9.17) is 0 Å². The molecule has 0 saturated heterocycles. The standard InChI is InChI=1S/C12H15N3S2/c1-7-5-10(8(2)17-7)11-6-16-12(15-14-11)13-9-3-4-9/h5,9H,3-4,6H2,1-2H3,(H,13,15). The molecule has 5 heteroatoms. The van der Waals surface area contributed by atoms with Crippen molar-refractivity contribution < 1.29 is 0 Å². The molecule has 0 aromatic carbocycles. The van der Waals surface area contributed by atoms with E-state index in [1.54, 1.807) is 11.8 Å². The maximum absolute atomic E-state index is 4.57. The molecule has 0 spiro atoms. The highest BCUT2D eigenvalue weighted by Gasteiger charge is 2.23. The van der Waals surface area contributed by atoms with E-state index < -0.39 is 0 Å². The van der Waals surface area contributed by atoms with Crippen LogP contribution in [-0.4, -0.2) is 22.7 Å². The van der Waals surface area contributed by atoms with Crippen molar-refractivity contribution in [2.45, 2.75) is 32.7 Å². The highest BCUT2D eigenvalue weighted by atomic mass is 32.2. The molecule has 3 rings (SSSR count). The van der Waals surface area contributed by atoms with E-state index in [0.717, 1.165) is 16.6 Å². The number of hydrogen-bond donors (Lipinski definition) is 1. The van der Waals surface area contributed by atoms with Crippen molar-refractivity contribution in [3.05, 3.63) is 21.4 Å². The molecule has 0 unspecified atom stereocenters. The van der Waals surface area contributed by atoms with Gasteiger partial charge in [0.05, 0.1) is 11.8 Å². The zero-order valence-corrected chi connectivity index (χ0v) is 11.6. The quantitative estimate of drug-likeness (QED) is 0.892. The highest BCUT2D eigenvalue weighted by molar-refractivity contribution is 8.14. The molecule has 90 valence electrons. The van der Waals surface area contributed by atoms with E-state index in [2.05, 4.69) is 35.4 Å². The molecule has 1 saturated carbocycles. The van der Waals surface area contributed by atoms with E-state index in [-0.39, 0.29) is 0 Å². The van der Waals surface area contributed by atoms with Gasteiger partial charge >= 0.3 is 0 Å². The van der Waals surface area contributed by atoms with Gasteiger partial charge in [-0.15, -0.1) is 11.3 Å². The zero-order chi connectivity index (χ0) is 11.8. The number of thioether (sulfide) groups is 1. The van der Waals surface area contributed by atoms with Gasteiger partial charge < -0.3 is 0 Å². The summed E-state index contributed by atoms with van der Waals surface area (Å²) in [5.41, 5.74) is 5.52. The topological polar surface area (TPSA) is 36.8 Å². The van der Waals surface area contributed by atoms with Crippen LogP contribution in [0.5, 0.6) is 0 Å². The third-order valence-corrected chi connectivity index (χ3v) is 4.68. The van der Waals surface area contributed by atoms with E-state index in [1.807, 2.05) is 11.3 Å². The fourth-order valence-corrected chi connectivity index (χ4v) is 3.58. The molecule has 1 aliphatic heterocycles. The smallest absolute Gasteiger partial charge is 0.177 e. The minimum absolute atomic E-state index is 0.562. The van der Waals surface area contributed by atoms with Gasteiger partial charge in [0, 0.05) is 21.1 Å². The van der Waals surface area contributed by atoms with Crippen LogP contribution in [0.3, 0.4) is 0 Å². The van der Waals surface area contributed by atoms with Gasteiger partial charge in [0.25, 0.3) is 0 Å². The number of hydrazone groups is 1. The second-order valence-electron chi connectivity index (χ2n) is 4.45. The number of amidine groups is 1. The van der Waals surface area contributed by atoms with Crippen LogP contribution in [0.1, 0.15) is 28.2 Å². The SMILES string of the molecule is Cc1cc(C2=NNC(=NC3CC3)SC2)c(C)s1. The second kappa shape index (κ2) is 4.46. The van der Waals surface area contributed by atoms with Crippen LogP contribution in [0.25, 0.3) is 0 Å². The Hall–Kier alpha value is -0.810. The predicted octanol–water partition coefficient (Wildman–Crippen LogP) is 2.92. The highest BCUT2D eigenvalue weighted by Crippen LogP contribution is 2.27. The van der Waals surface area contributed by atoms with E-state index >= 15 is 0 Å². The van der Waals surface area contributed by atoms with Crippen molar-refractivity contribution in [2.75, 3.05) is 5.75 Å². The van der Waals surface area contributed by atoms with Gasteiger partial charge in [0.1, 0.15) is 0 Å². The van der Waals surface area contributed by atoms with Gasteiger partial charge in [-0.1, -0.05) is 11.8 Å². The molecule has 0 atom stereocenters. The molecule has 2 aliphatic rings. The van der Waals surface area contributed by atoms with Crippen molar-refractivity contribution in [1.29, 1.82) is 0 Å². The summed E-state index contributed by atoms with van der Waals surface area (Å²) >= 11 is 3.60. The number of nitrogens with zero attached hydrogens (tertiary/aromatic N) is 2. The summed E-state index contributed by atoms with van der Waals surface area (Å²) in [7, 11) is 0. The van der Waals surface area contributed by atoms with Crippen LogP contribution < -0.4 is 5.43 Å². The maximum atomic E-state index is 4.57. The molecule has 1 N–H and O–H groups in total. The van der Waals surface area contributed by atoms with Crippen LogP contribution in [0.4, 0.5) is 0 Å². The maximum Gasteiger partial charge on any atom is 0.177 e. The van der Waals surface area contributed by atoms with Gasteiger partial charge in [-0.25, -0.2) is 0 Å². The second-order valence-corrected chi connectivity index (χ2v) is 6.88. The summed E-state index contributed by atoms with van der Waals surface area (Å²) < 4.78 is 0. The van der Waals surface area contributed by atoms with Gasteiger partial charge in [-0.3, -0.25) is 10.4 Å². The van der Waals surface area contributed by atoms with Crippen LogP contribution in [-0.2, 0) is 0 Å². The van der Waals surface area contributed by atoms with E-state index in [9.17, 15) is 0 Å². The van der Waals surface area contributed by atoms with Gasteiger partial charge in [0.2, 0.25) is 0 Å². The molecule has 0 bridgehead atoms. The first-order valence-electron chi connectivity index (χ1n) is 5.83. The van der Waals surface area contributed by atoms with Crippen molar-refractivity contribution in [2.24, 2.45) is 10.1 Å². The summed E-state index contributed by atoms with van der Waals surface area (Å²) in [6.45, 7) is 4.30. The van der Waals surface area contributed by atoms with E-state index in [0.29, 0.717) is 6.04 Å². The van der Waals surface area contributed by atoms with Crippen LogP contribution in [0, 0.1) is 13.8 Å². The number of aliphatic imine (C=N–C) groups is 1. The minimum atomic E-state index is 0.562. The van der Waals surface area contributed by atoms with Crippen molar-refractivity contribution in [1.82, 2.24) is 5.43 Å². The largest absolute Gasteiger partial charge is 0.258 e. The average molecular weight is 265 g/mol. The van der Waals surface area contributed by atoms with Crippen molar-refractivity contribution >= 4 is 34.0 Å². The molecule has 1 aromatic rings. The van der Waals surface area contributed by atoms with Crippen LogP contribution in [0.15, 0.2) is 16.2 Å². The normalized spacial score (nSPS) is 22.5. The summed E-state index contributed by atoms with van der Waals surface area (Å²) in [5.74, 6) is 0.926. The summed E-state index contributed by atoms with van der Waals surface area (Å²) in [5, 5.41) is 5.44. The lowest BCUT2D eigenvalue weighted by molar-refractivity contribution is 0.985. The van der Waals surface area contributed by atoms with Crippen LogP contribution in [0.2, 0.25) is 0 Å². The van der Waals surface area contributed by atoms with Gasteiger partial charge in [0.15, 0.2) is 5.17 Å². The van der Waals surface area contributed by atoms with E-state index in [1.165, 1.54) is 28.2 Å². The summed E-state index contributed by atoms with van der Waals surface area (Å²) in [6.07, 6.45) is 2.48. The first kappa shape index (κ1) is 11.3. The zero-order valence-electron chi connectivity index (χ0n) is 9.99. The fourth-order valence-electron chi connectivity index (χ4n) is 1.81. The summed E-state index contributed by atoms with van der Waals surface area (Å²) in [6, 6.07) is 2.79. The van der Waals surface area contributed by atoms with Gasteiger partial charge in [-0.2, -0.15) is 5.10 Å². The lowest BCUT2D eigenvalue weighted by Crippen LogP contribution is -2.25. The number of aryl methyl sites for hydroxylation is 2. The van der Waals surface area contributed by atoms with Gasteiger partial charge in [-0.05, 0) is 32.8 Å². The Morgan fingerprint density at radius 2 is 2.24 bits per heavy atom. The molecule has 2 heterocycles. The Labute approximate surface area is 109 Å². The molecular formula is C12H15N3S2. The minimum Gasteiger partial charge on any atom is -0.258 e. The third-order valence-electron chi connectivity index (χ3n) is 2.83. The number of nitrogens with one attached hydrogen (secondary N) is 1. The lowest BCUT2D eigenvalue weighted by atomic mass is 10.2. The molecule has 1 aliphatic carbocycles. The molecule has 0 radical (unpaired) electrons. The Balaban J connectivity index is 1.77. The first-order chi connectivity index (χ1) is 8.22. The lowest BCUT2D eigenvalue weighted by Gasteiger charge is -2.14. The first-order valence-corrected chi connectivity index (χ1v) is 7.63. The number of hydrogen-bond acceptors (Lipinski definition) is 4. The number of rotatable bonds is 2. The Morgan fingerprint density at radius 3 is 2.76 bits per heavy atom. The van der Waals surface area contributed by atoms with Crippen molar-refractivity contribution in [3.8, 4) is 0 Å². The molecule has 17 heavy (non-hydrogen) atoms.